The molecule has 0 radical (unpaired) electrons. The van der Waals surface area contributed by atoms with E-state index in [9.17, 15) is 51.6 Å². The average molecular weight is 1700 g/mol. The van der Waals surface area contributed by atoms with Gasteiger partial charge < -0.3 is 80.6 Å². The quantitative estimate of drug-likeness (QED) is 0.0172. The van der Waals surface area contributed by atoms with Gasteiger partial charge in [0.2, 0.25) is 5.91 Å². The zero-order valence-electron chi connectivity index (χ0n) is 68.4. The van der Waals surface area contributed by atoms with Crippen molar-refractivity contribution in [3.8, 4) is 0 Å². The first-order valence-electron chi connectivity index (χ1n) is 37.2. The van der Waals surface area contributed by atoms with Crippen LogP contribution in [0.5, 0.6) is 0 Å². The molecule has 5 fully saturated rings. The van der Waals surface area contributed by atoms with Gasteiger partial charge >= 0.3 is 58.5 Å². The number of hydrogen-bond donors (Lipinski definition) is 12. The van der Waals surface area contributed by atoms with Crippen LogP contribution >= 0.6 is 0 Å². The number of fused-ring (bicyclic) bond motifs is 20. The lowest BCUT2D eigenvalue weighted by Gasteiger charge is -2.32. The van der Waals surface area contributed by atoms with Crippen LogP contribution < -0.4 is 54.8 Å². The molecule has 12 amide bonds. The van der Waals surface area contributed by atoms with E-state index in [-0.39, 0.29) is 91.0 Å². The number of amides is 12. The lowest BCUT2D eigenvalue weighted by Crippen LogP contribution is -2.45. The second-order valence-corrected chi connectivity index (χ2v) is 29.6. The number of carboxylic acids is 1. The SMILES string of the molecule is CN=C(NOC(=O)CCCN)[C@@H]1c2c(cnn2C)[C@@H]2CN1C(=O)N2C.CN=C(NOC(=O)NO)[C@@H]1c2c(cnn2C)[C@@H]2CN1C(=O)N2C.CN=C(NOCC(=O)NCCN)[C@@H]1c2c(cnn2C)[C@@H]2CN1C(=O)N2C.CN=C(NOCC(=O)O)[C@@H]1c2c(cnn2C)[C@@H]2CN1C(=O)N2C.CN=C(NOS(N)(=O)=O)[C@@H]1c2c(cnn2C)[C@@H]2CN1C(=O)N2C. The Morgan fingerprint density at radius 1 is 0.450 bits per heavy atom. The highest BCUT2D eigenvalue weighted by Gasteiger charge is 2.55. The van der Waals surface area contributed by atoms with Crippen LogP contribution in [0, 0.1) is 0 Å². The van der Waals surface area contributed by atoms with Crippen LogP contribution in [-0.4, -0.2) is 336 Å². The number of urea groups is 5. The molecular formula is C66H99N35O18S. The number of nitrogens with two attached hydrogens (primary N) is 3. The van der Waals surface area contributed by atoms with Crippen molar-refractivity contribution in [3.63, 3.8) is 0 Å². The highest BCUT2D eigenvalue weighted by Crippen LogP contribution is 2.48. The van der Waals surface area contributed by atoms with Crippen LogP contribution in [0.1, 0.15) is 130 Å². The number of aliphatic carboxylic acids is 1. The summed E-state index contributed by atoms with van der Waals surface area (Å²) >= 11 is 0. The smallest absolute Gasteiger partial charge is 0.455 e. The van der Waals surface area contributed by atoms with Crippen LogP contribution in [-0.2, 0) is 83.6 Å². The molecule has 10 atom stereocenters. The number of likely N-dealkylation sites (N-methyl/N-ethyl adjacent to an activating group) is 5. The third-order valence-corrected chi connectivity index (χ3v) is 22.1. The van der Waals surface area contributed by atoms with Crippen LogP contribution in [0.4, 0.5) is 28.8 Å². The van der Waals surface area contributed by atoms with Crippen LogP contribution in [0.2, 0.25) is 0 Å². The number of aliphatic imine (C=N–C) groups is 5. The van der Waals surface area contributed by atoms with Gasteiger partial charge in [-0.2, -0.15) is 33.9 Å². The second kappa shape index (κ2) is 36.5. The fourth-order valence-electron chi connectivity index (χ4n) is 16.0. The summed E-state index contributed by atoms with van der Waals surface area (Å²) in [5.41, 5.74) is 33.5. The van der Waals surface area contributed by atoms with Gasteiger partial charge in [0.1, 0.15) is 41.9 Å². The molecule has 15 rings (SSSR count). The number of carbonyl (C=O) groups is 9. The Kier molecular flexibility index (Phi) is 26.8. The van der Waals surface area contributed by atoms with Crippen LogP contribution in [0.3, 0.4) is 0 Å². The first-order valence-corrected chi connectivity index (χ1v) is 38.7. The Bertz CT molecular complexity index is 5010. The number of amidine groups is 5. The van der Waals surface area contributed by atoms with E-state index < -0.39 is 65.2 Å². The topological polar surface area (TPSA) is 620 Å². The van der Waals surface area contributed by atoms with Gasteiger partial charge in [-0.05, 0) is 13.0 Å². The zero-order chi connectivity index (χ0) is 87.4. The predicted molar refractivity (Wildman–Crippen MR) is 417 cm³/mol. The molecule has 0 aliphatic carbocycles. The standard InChI is InChI=1S/C15H24N8O3.C15H23N7O3.C13H18N6O4.C12H17N7O4.C11H17N7O4S/c1-17-14(20-26-8-11(24)18-5-4-16)13-12-9(6-19-22(12)3)10-7-23(13)15(25)21(10)2;1-17-14(19-25-11(23)5-4-6-16)13-12-9(7-18-21(12)3)10-8-22(13)15(24)20(10)2;1-14-12(16-23-6-9(20)21)11-10-7(4-15-18(10)3)8-5-19(11)13(22)17(8)2;1-13-10(16-23-11(20)15-22)9-8-6(4-14-18(8)3)7-5-19(9)12(21)17(7)2;1-13-10(15-22-23(12,20)21)9-8-6(4-14-17(8)3)7-5-18(9)11(19)16(7)2/h6,10,13H,4-5,7-8,16H2,1-3H3,(H,17,20)(H,18,24);7,10,13H,4-6,8,16H2,1-3H3,(H,17,19);4,8,11H,5-6H2,1-3H3,(H,14,16)(H,20,21);4,7,9,22H,5H2,1-3H3,(H,13,16)(H,15,20);4,7,9H,5H2,1-3H3,(H,13,15)(H2,12,20,21)/t2*10-,13-;8-,11-;2*7-,9-/m00000/s1. The van der Waals surface area contributed by atoms with Crippen LogP contribution in [0.15, 0.2) is 55.9 Å². The molecule has 0 saturated carbocycles. The fraction of sp³-hybridized carbons (Fsp3) is 0.561. The van der Waals surface area contributed by atoms with E-state index in [4.69, 9.17) is 41.4 Å². The number of nitrogens with zero attached hydrogens (tertiary/aromatic N) is 25. The number of aromatic nitrogens is 10. The molecule has 5 aromatic heterocycles. The maximum absolute atomic E-state index is 12.6. The maximum atomic E-state index is 12.6. The molecule has 15 heterocycles. The Balaban J connectivity index is 0.000000147. The molecule has 15 N–H and O–H groups in total. The maximum Gasteiger partial charge on any atom is 0.455 e. The Labute approximate surface area is 686 Å². The molecule has 120 heavy (non-hydrogen) atoms. The lowest BCUT2D eigenvalue weighted by molar-refractivity contribution is -0.148. The minimum absolute atomic E-state index is 0.0245. The summed E-state index contributed by atoms with van der Waals surface area (Å²) in [6.07, 6.45) is 8.43. The monoisotopic (exact) mass is 1700 g/mol. The van der Waals surface area contributed by atoms with Gasteiger partial charge in [-0.15, -0.1) is 4.28 Å². The van der Waals surface area contributed by atoms with E-state index in [0.717, 1.165) is 56.3 Å². The average Bonchev–Trinajstić information content (AvgIpc) is 1.61. The second-order valence-electron chi connectivity index (χ2n) is 28.5. The van der Waals surface area contributed by atoms with Crippen molar-refractivity contribution in [1.82, 2.24) is 136 Å². The number of rotatable bonds is 18. The highest BCUT2D eigenvalue weighted by molar-refractivity contribution is 7.84. The molecule has 652 valence electrons. The number of carbonyl (C=O) groups excluding carboxylic acids is 8. The van der Waals surface area contributed by atoms with Crippen LogP contribution in [0.25, 0.3) is 0 Å². The highest BCUT2D eigenvalue weighted by atomic mass is 32.2. The van der Waals surface area contributed by atoms with E-state index in [1.807, 2.05) is 14.1 Å². The minimum Gasteiger partial charge on any atom is -0.479 e. The molecule has 54 heteroatoms. The van der Waals surface area contributed by atoms with Gasteiger partial charge in [-0.25, -0.2) is 65.4 Å². The largest absolute Gasteiger partial charge is 0.479 e. The summed E-state index contributed by atoms with van der Waals surface area (Å²) in [5.74, 6) is -0.244. The third kappa shape index (κ3) is 16.8. The molecule has 10 bridgehead atoms. The number of hydrogen-bond acceptors (Lipinski definition) is 29. The Morgan fingerprint density at radius 3 is 1.00 bits per heavy atom. The van der Waals surface area contributed by atoms with Crippen molar-refractivity contribution in [2.24, 2.45) is 76.8 Å². The molecule has 0 spiro atoms. The normalized spacial score (nSPS) is 22.9. The van der Waals surface area contributed by atoms with Gasteiger partial charge in [0.25, 0.3) is 0 Å². The Hall–Kier alpha value is -12.9. The van der Waals surface area contributed by atoms with Gasteiger partial charge in [0.05, 0.1) is 89.7 Å². The van der Waals surface area contributed by atoms with E-state index in [2.05, 4.69) is 92.3 Å². The molecule has 0 unspecified atom stereocenters. The van der Waals surface area contributed by atoms with E-state index in [1.165, 1.54) is 19.6 Å². The van der Waals surface area contributed by atoms with Crippen molar-refractivity contribution in [2.75, 3.05) is 136 Å². The number of carboxylic acid groups (broad SMARTS) is 1. The zero-order valence-corrected chi connectivity index (χ0v) is 69.2. The number of aryl methyl sites for hydroxylation is 5. The van der Waals surface area contributed by atoms with Crippen molar-refractivity contribution in [2.45, 2.75) is 73.3 Å². The molecule has 0 aromatic carbocycles. The Morgan fingerprint density at radius 2 is 0.733 bits per heavy atom. The first kappa shape index (κ1) is 87.9. The summed E-state index contributed by atoms with van der Waals surface area (Å²) in [7, 11) is 21.2. The van der Waals surface area contributed by atoms with E-state index in [1.54, 1.807) is 181 Å². The molecule has 10 aliphatic heterocycles. The minimum atomic E-state index is -4.21. The van der Waals surface area contributed by atoms with E-state index >= 15 is 0 Å². The lowest BCUT2D eigenvalue weighted by atomic mass is 9.97. The predicted octanol–water partition coefficient (Wildman–Crippen LogP) is -4.11. The summed E-state index contributed by atoms with van der Waals surface area (Å²) in [6.45, 7) is 3.02. The van der Waals surface area contributed by atoms with Gasteiger partial charge in [0.15, 0.2) is 30.7 Å². The first-order chi connectivity index (χ1) is 57.2. The fourth-order valence-corrected chi connectivity index (χ4v) is 16.2. The summed E-state index contributed by atoms with van der Waals surface area (Å²) in [4.78, 5) is 165. The molecular weight excluding hydrogens is 1600 g/mol. The van der Waals surface area contributed by atoms with Crippen molar-refractivity contribution < 1.29 is 85.5 Å². The number of nitrogens with one attached hydrogen (secondary N) is 7. The van der Waals surface area contributed by atoms with Crippen molar-refractivity contribution in [1.29, 1.82) is 0 Å². The third-order valence-electron chi connectivity index (χ3n) is 21.8. The molecule has 10 aliphatic rings. The molecule has 5 saturated heterocycles. The van der Waals surface area contributed by atoms with Gasteiger partial charge in [0, 0.05) is 186 Å². The van der Waals surface area contributed by atoms with Crippen molar-refractivity contribution >= 4 is 93.6 Å². The summed E-state index contributed by atoms with van der Waals surface area (Å²) in [5, 5.41) is 46.0. The number of hydroxylamine groups is 6. The van der Waals surface area contributed by atoms with Gasteiger partial charge in [-0.1, -0.05) is 0 Å². The van der Waals surface area contributed by atoms with Crippen molar-refractivity contribution in [3.05, 3.63) is 87.3 Å². The molecule has 53 nitrogen and oxygen atoms in total. The van der Waals surface area contributed by atoms with E-state index in [0.29, 0.717) is 76.3 Å². The summed E-state index contributed by atoms with van der Waals surface area (Å²) in [6, 6.07) is -3.53. The molecule has 5 aromatic rings. The summed E-state index contributed by atoms with van der Waals surface area (Å²) < 4.78 is 34.9. The van der Waals surface area contributed by atoms with Gasteiger partial charge in [-0.3, -0.25) is 79.0 Å².